The molecule has 2 N–H and O–H groups in total. The van der Waals surface area contributed by atoms with Crippen molar-refractivity contribution in [1.82, 2.24) is 0 Å². The number of para-hydroxylation sites is 2. The van der Waals surface area contributed by atoms with Crippen LogP contribution in [0.15, 0.2) is 66.7 Å². The molecular weight excluding hydrogens is 382 g/mol. The van der Waals surface area contributed by atoms with Crippen molar-refractivity contribution < 1.29 is 27.8 Å². The normalized spacial score (nSPS) is 10.2. The molecule has 29 heavy (non-hydrogen) atoms. The smallest absolute Gasteiger partial charge is 0.407 e. The third kappa shape index (κ3) is 5.29. The standard InChI is InChI=1S/C21H16F2N2O4/c1-13-10-11-14(24-20(26)28-18-8-4-2-6-15(18)22)12-17(13)25-21(27)29-19-9-5-3-7-16(19)23/h2-12H,1H3,(H,24,26)(H,25,27). The highest BCUT2D eigenvalue weighted by molar-refractivity contribution is 5.91. The van der Waals surface area contributed by atoms with Crippen molar-refractivity contribution in [3.8, 4) is 11.5 Å². The van der Waals surface area contributed by atoms with Crippen LogP contribution >= 0.6 is 0 Å². The molecule has 3 aromatic carbocycles. The molecule has 0 spiro atoms. The first kappa shape index (κ1) is 19.8. The Kier molecular flexibility index (Phi) is 6.03. The number of aryl methyl sites for hydroxylation is 1. The number of anilines is 2. The van der Waals surface area contributed by atoms with Gasteiger partial charge in [0, 0.05) is 11.4 Å². The second kappa shape index (κ2) is 8.83. The maximum Gasteiger partial charge on any atom is 0.417 e. The Morgan fingerprint density at radius 2 is 1.28 bits per heavy atom. The fourth-order valence-corrected chi connectivity index (χ4v) is 2.37. The number of amides is 2. The van der Waals surface area contributed by atoms with Crippen LogP contribution in [-0.2, 0) is 0 Å². The molecule has 0 radical (unpaired) electrons. The summed E-state index contributed by atoms with van der Waals surface area (Å²) in [6.07, 6.45) is -1.80. The van der Waals surface area contributed by atoms with E-state index in [1.807, 2.05) is 0 Å². The Balaban J connectivity index is 1.66. The number of carbonyl (C=O) groups excluding carboxylic acids is 2. The Hall–Kier alpha value is -3.94. The van der Waals surface area contributed by atoms with Gasteiger partial charge < -0.3 is 9.47 Å². The van der Waals surface area contributed by atoms with E-state index in [0.29, 0.717) is 11.3 Å². The van der Waals surface area contributed by atoms with Gasteiger partial charge >= 0.3 is 12.2 Å². The van der Waals surface area contributed by atoms with E-state index in [0.717, 1.165) is 6.07 Å². The Morgan fingerprint density at radius 1 is 0.759 bits per heavy atom. The lowest BCUT2D eigenvalue weighted by molar-refractivity contribution is 0.212. The lowest BCUT2D eigenvalue weighted by atomic mass is 10.2. The number of halogens is 2. The number of ether oxygens (including phenoxy) is 2. The van der Waals surface area contributed by atoms with E-state index in [1.165, 1.54) is 48.5 Å². The van der Waals surface area contributed by atoms with E-state index < -0.39 is 23.8 Å². The van der Waals surface area contributed by atoms with Crippen LogP contribution in [0.4, 0.5) is 29.7 Å². The van der Waals surface area contributed by atoms with Crippen LogP contribution in [0.2, 0.25) is 0 Å². The molecule has 3 rings (SSSR count). The minimum absolute atomic E-state index is 0.217. The molecule has 0 aliphatic heterocycles. The molecule has 6 nitrogen and oxygen atoms in total. The van der Waals surface area contributed by atoms with E-state index >= 15 is 0 Å². The molecule has 0 aliphatic rings. The molecule has 0 heterocycles. The molecule has 0 saturated carbocycles. The van der Waals surface area contributed by atoms with Gasteiger partial charge in [-0.1, -0.05) is 30.3 Å². The minimum atomic E-state index is -0.904. The number of rotatable bonds is 4. The molecule has 0 fully saturated rings. The summed E-state index contributed by atoms with van der Waals surface area (Å²) < 4.78 is 37.0. The number of carbonyl (C=O) groups is 2. The second-order valence-corrected chi connectivity index (χ2v) is 5.92. The topological polar surface area (TPSA) is 76.7 Å². The van der Waals surface area contributed by atoms with E-state index in [4.69, 9.17) is 9.47 Å². The monoisotopic (exact) mass is 398 g/mol. The van der Waals surface area contributed by atoms with Gasteiger partial charge in [-0.25, -0.2) is 18.4 Å². The zero-order valence-corrected chi connectivity index (χ0v) is 15.2. The zero-order valence-electron chi connectivity index (χ0n) is 15.2. The van der Waals surface area contributed by atoms with Crippen LogP contribution in [0.1, 0.15) is 5.56 Å². The predicted molar refractivity (Wildman–Crippen MR) is 103 cm³/mol. The van der Waals surface area contributed by atoms with Crippen LogP contribution < -0.4 is 20.1 Å². The summed E-state index contributed by atoms with van der Waals surface area (Å²) in [4.78, 5) is 24.0. The van der Waals surface area contributed by atoms with Crippen LogP contribution in [0.25, 0.3) is 0 Å². The summed E-state index contributed by atoms with van der Waals surface area (Å²) in [5.41, 5.74) is 1.29. The fraction of sp³-hybridized carbons (Fsp3) is 0.0476. The molecule has 0 aromatic heterocycles. The predicted octanol–water partition coefficient (Wildman–Crippen LogP) is 5.50. The number of nitrogens with one attached hydrogen (secondary N) is 2. The van der Waals surface area contributed by atoms with E-state index in [-0.39, 0.29) is 17.2 Å². The Bertz CT molecular complexity index is 1060. The molecule has 0 bridgehead atoms. The molecule has 0 aliphatic carbocycles. The summed E-state index contributed by atoms with van der Waals surface area (Å²) in [5.74, 6) is -1.79. The second-order valence-electron chi connectivity index (χ2n) is 5.92. The first-order chi connectivity index (χ1) is 13.9. The van der Waals surface area contributed by atoms with Gasteiger partial charge in [-0.3, -0.25) is 10.6 Å². The third-order valence-electron chi connectivity index (χ3n) is 3.80. The van der Waals surface area contributed by atoms with Crippen LogP contribution in [0.3, 0.4) is 0 Å². The largest absolute Gasteiger partial charge is 0.417 e. The van der Waals surface area contributed by atoms with Crippen molar-refractivity contribution in [3.05, 3.63) is 83.9 Å². The van der Waals surface area contributed by atoms with Crippen LogP contribution in [-0.4, -0.2) is 12.2 Å². The van der Waals surface area contributed by atoms with Gasteiger partial charge in [0.15, 0.2) is 23.1 Å². The van der Waals surface area contributed by atoms with Gasteiger partial charge in [0.25, 0.3) is 0 Å². The first-order valence-electron chi connectivity index (χ1n) is 8.50. The molecule has 148 valence electrons. The van der Waals surface area contributed by atoms with E-state index in [9.17, 15) is 18.4 Å². The maximum absolute atomic E-state index is 13.6. The molecule has 8 heteroatoms. The van der Waals surface area contributed by atoms with Gasteiger partial charge in [0.05, 0.1) is 0 Å². The van der Waals surface area contributed by atoms with Crippen molar-refractivity contribution >= 4 is 23.6 Å². The highest BCUT2D eigenvalue weighted by Crippen LogP contribution is 2.23. The van der Waals surface area contributed by atoms with Crippen molar-refractivity contribution in [2.45, 2.75) is 6.92 Å². The quantitative estimate of drug-likeness (QED) is 0.609. The first-order valence-corrected chi connectivity index (χ1v) is 8.50. The maximum atomic E-state index is 13.6. The van der Waals surface area contributed by atoms with Gasteiger partial charge in [-0.15, -0.1) is 0 Å². The number of benzene rings is 3. The number of hydrogen-bond acceptors (Lipinski definition) is 4. The van der Waals surface area contributed by atoms with Gasteiger partial charge in [0.2, 0.25) is 0 Å². The lowest BCUT2D eigenvalue weighted by Gasteiger charge is -2.12. The summed E-state index contributed by atoms with van der Waals surface area (Å²) in [6, 6.07) is 15.6. The minimum Gasteiger partial charge on any atom is -0.407 e. The average Bonchev–Trinajstić information content (AvgIpc) is 2.68. The molecular formula is C21H16F2N2O4. The SMILES string of the molecule is Cc1ccc(NC(=O)Oc2ccccc2F)cc1NC(=O)Oc1ccccc1F. The van der Waals surface area contributed by atoms with Crippen molar-refractivity contribution in [2.75, 3.05) is 10.6 Å². The molecule has 0 saturated heterocycles. The molecule has 0 atom stereocenters. The Labute approximate surface area is 165 Å². The summed E-state index contributed by atoms with van der Waals surface area (Å²) >= 11 is 0. The fourth-order valence-electron chi connectivity index (χ4n) is 2.37. The highest BCUT2D eigenvalue weighted by atomic mass is 19.1. The molecule has 0 unspecified atom stereocenters. The van der Waals surface area contributed by atoms with Crippen LogP contribution in [0.5, 0.6) is 11.5 Å². The highest BCUT2D eigenvalue weighted by Gasteiger charge is 2.13. The summed E-state index contributed by atoms with van der Waals surface area (Å²) in [7, 11) is 0. The van der Waals surface area contributed by atoms with Gasteiger partial charge in [0.1, 0.15) is 0 Å². The molecule has 2 amide bonds. The van der Waals surface area contributed by atoms with E-state index in [1.54, 1.807) is 19.1 Å². The van der Waals surface area contributed by atoms with E-state index in [2.05, 4.69) is 10.6 Å². The van der Waals surface area contributed by atoms with Gasteiger partial charge in [-0.05, 0) is 48.9 Å². The Morgan fingerprint density at radius 3 is 1.83 bits per heavy atom. The van der Waals surface area contributed by atoms with Crippen molar-refractivity contribution in [1.29, 1.82) is 0 Å². The zero-order chi connectivity index (χ0) is 20.8. The average molecular weight is 398 g/mol. The van der Waals surface area contributed by atoms with Crippen LogP contribution in [0, 0.1) is 18.6 Å². The molecule has 3 aromatic rings. The third-order valence-corrected chi connectivity index (χ3v) is 3.80. The summed E-state index contributed by atoms with van der Waals surface area (Å²) in [5, 5.41) is 4.92. The number of hydrogen-bond donors (Lipinski definition) is 2. The van der Waals surface area contributed by atoms with Gasteiger partial charge in [-0.2, -0.15) is 0 Å². The van der Waals surface area contributed by atoms with Crippen molar-refractivity contribution in [3.63, 3.8) is 0 Å². The summed E-state index contributed by atoms with van der Waals surface area (Å²) in [6.45, 7) is 1.72. The van der Waals surface area contributed by atoms with Crippen molar-refractivity contribution in [2.24, 2.45) is 0 Å². The lowest BCUT2D eigenvalue weighted by Crippen LogP contribution is -2.19.